The Morgan fingerprint density at radius 1 is 1.20 bits per heavy atom. The zero-order valence-electron chi connectivity index (χ0n) is 10.9. The fourth-order valence-corrected chi connectivity index (χ4v) is 2.77. The third-order valence-corrected chi connectivity index (χ3v) is 3.79. The van der Waals surface area contributed by atoms with E-state index in [0.29, 0.717) is 6.29 Å². The molecule has 5 heteroatoms. The van der Waals surface area contributed by atoms with E-state index in [1.54, 1.807) is 10.9 Å². The van der Waals surface area contributed by atoms with Gasteiger partial charge in [0.2, 0.25) is 0 Å². The molecule has 0 atom stereocenters. The molecular formula is C15H14F2N2O. The molecule has 0 N–H and O–H groups in total. The molecule has 1 aliphatic carbocycles. The molecule has 1 saturated carbocycles. The SMILES string of the molecule is O=Cc1cn(C2CCCC2)nc1-c1c(F)cccc1F. The predicted octanol–water partition coefficient (Wildman–Crippen LogP) is 3.76. The fraction of sp³-hybridized carbons (Fsp3) is 0.333. The van der Waals surface area contributed by atoms with Crippen molar-refractivity contribution < 1.29 is 13.6 Å². The highest BCUT2D eigenvalue weighted by Gasteiger charge is 2.23. The summed E-state index contributed by atoms with van der Waals surface area (Å²) in [6.07, 6.45) is 6.39. The summed E-state index contributed by atoms with van der Waals surface area (Å²) in [4.78, 5) is 11.2. The molecule has 0 spiro atoms. The van der Waals surface area contributed by atoms with Gasteiger partial charge in [-0.05, 0) is 25.0 Å². The number of benzene rings is 1. The summed E-state index contributed by atoms with van der Waals surface area (Å²) in [6.45, 7) is 0. The monoisotopic (exact) mass is 276 g/mol. The van der Waals surface area contributed by atoms with Crippen LogP contribution in [-0.4, -0.2) is 16.1 Å². The molecule has 0 aliphatic heterocycles. The lowest BCUT2D eigenvalue weighted by Crippen LogP contribution is -2.05. The van der Waals surface area contributed by atoms with E-state index in [1.807, 2.05) is 0 Å². The molecule has 20 heavy (non-hydrogen) atoms. The summed E-state index contributed by atoms with van der Waals surface area (Å²) in [5.74, 6) is -1.41. The maximum absolute atomic E-state index is 13.8. The van der Waals surface area contributed by atoms with Crippen molar-refractivity contribution in [1.29, 1.82) is 0 Å². The fourth-order valence-electron chi connectivity index (χ4n) is 2.77. The average molecular weight is 276 g/mol. The van der Waals surface area contributed by atoms with Crippen molar-refractivity contribution in [1.82, 2.24) is 9.78 Å². The highest BCUT2D eigenvalue weighted by molar-refractivity contribution is 5.85. The second-order valence-corrected chi connectivity index (χ2v) is 5.07. The Morgan fingerprint density at radius 3 is 2.45 bits per heavy atom. The lowest BCUT2D eigenvalue weighted by molar-refractivity contribution is 0.112. The minimum Gasteiger partial charge on any atom is -0.298 e. The third kappa shape index (κ3) is 2.13. The van der Waals surface area contributed by atoms with Crippen molar-refractivity contribution in [3.8, 4) is 11.3 Å². The van der Waals surface area contributed by atoms with E-state index >= 15 is 0 Å². The molecule has 1 aliphatic rings. The van der Waals surface area contributed by atoms with E-state index in [1.165, 1.54) is 18.2 Å². The standard InChI is InChI=1S/C15H14F2N2O/c16-12-6-3-7-13(17)14(12)15-10(9-20)8-19(18-15)11-4-1-2-5-11/h3,6-9,11H,1-2,4-5H2. The summed E-state index contributed by atoms with van der Waals surface area (Å²) in [6, 6.07) is 3.85. The van der Waals surface area contributed by atoms with Crippen LogP contribution in [0.15, 0.2) is 24.4 Å². The van der Waals surface area contributed by atoms with Gasteiger partial charge in [0.05, 0.1) is 17.2 Å². The average Bonchev–Trinajstić information content (AvgIpc) is 3.07. The Bertz CT molecular complexity index is 625. The molecule has 1 aromatic heterocycles. The quantitative estimate of drug-likeness (QED) is 0.800. The first-order valence-corrected chi connectivity index (χ1v) is 6.69. The van der Waals surface area contributed by atoms with Gasteiger partial charge in [0, 0.05) is 6.20 Å². The van der Waals surface area contributed by atoms with Crippen LogP contribution in [0.3, 0.4) is 0 Å². The molecule has 1 fully saturated rings. The van der Waals surface area contributed by atoms with E-state index in [0.717, 1.165) is 25.7 Å². The van der Waals surface area contributed by atoms with E-state index in [9.17, 15) is 13.6 Å². The molecule has 3 rings (SSSR count). The van der Waals surface area contributed by atoms with Gasteiger partial charge in [-0.2, -0.15) is 5.10 Å². The number of aldehydes is 1. The highest BCUT2D eigenvalue weighted by Crippen LogP contribution is 2.32. The van der Waals surface area contributed by atoms with Gasteiger partial charge in [-0.3, -0.25) is 9.48 Å². The Kier molecular flexibility index (Phi) is 3.34. The Labute approximate surface area is 115 Å². The molecule has 104 valence electrons. The zero-order valence-corrected chi connectivity index (χ0v) is 10.9. The second-order valence-electron chi connectivity index (χ2n) is 5.07. The molecule has 0 radical (unpaired) electrons. The van der Waals surface area contributed by atoms with Gasteiger partial charge in [-0.15, -0.1) is 0 Å². The van der Waals surface area contributed by atoms with Crippen LogP contribution in [0.1, 0.15) is 42.1 Å². The molecule has 2 aromatic rings. The van der Waals surface area contributed by atoms with E-state index in [-0.39, 0.29) is 22.9 Å². The first-order chi connectivity index (χ1) is 9.70. The first-order valence-electron chi connectivity index (χ1n) is 6.69. The molecule has 1 heterocycles. The van der Waals surface area contributed by atoms with Gasteiger partial charge < -0.3 is 0 Å². The van der Waals surface area contributed by atoms with Crippen molar-refractivity contribution in [3.63, 3.8) is 0 Å². The van der Waals surface area contributed by atoms with Crippen LogP contribution in [0.25, 0.3) is 11.3 Å². The molecule has 0 bridgehead atoms. The molecular weight excluding hydrogens is 262 g/mol. The number of carbonyl (C=O) groups is 1. The Morgan fingerprint density at radius 2 is 1.85 bits per heavy atom. The summed E-state index contributed by atoms with van der Waals surface area (Å²) < 4.78 is 29.3. The Balaban J connectivity index is 2.10. The normalized spacial score (nSPS) is 15.7. The number of hydrogen-bond donors (Lipinski definition) is 0. The largest absolute Gasteiger partial charge is 0.298 e. The third-order valence-electron chi connectivity index (χ3n) is 3.79. The number of hydrogen-bond acceptors (Lipinski definition) is 2. The van der Waals surface area contributed by atoms with Gasteiger partial charge in [-0.1, -0.05) is 18.9 Å². The lowest BCUT2D eigenvalue weighted by Gasteiger charge is -2.08. The molecule has 0 amide bonds. The van der Waals surface area contributed by atoms with Gasteiger partial charge in [0.1, 0.15) is 17.3 Å². The predicted molar refractivity (Wildman–Crippen MR) is 70.5 cm³/mol. The summed E-state index contributed by atoms with van der Waals surface area (Å²) in [7, 11) is 0. The molecule has 1 aromatic carbocycles. The van der Waals surface area contributed by atoms with E-state index < -0.39 is 11.6 Å². The van der Waals surface area contributed by atoms with Crippen LogP contribution in [0.2, 0.25) is 0 Å². The number of halogens is 2. The van der Waals surface area contributed by atoms with Crippen LogP contribution >= 0.6 is 0 Å². The second kappa shape index (κ2) is 5.15. The van der Waals surface area contributed by atoms with Gasteiger partial charge in [0.25, 0.3) is 0 Å². The minimum atomic E-state index is -0.704. The maximum Gasteiger partial charge on any atom is 0.153 e. The van der Waals surface area contributed by atoms with Crippen LogP contribution in [-0.2, 0) is 0 Å². The van der Waals surface area contributed by atoms with Crippen molar-refractivity contribution in [3.05, 3.63) is 41.6 Å². The Hall–Kier alpha value is -2.04. The highest BCUT2D eigenvalue weighted by atomic mass is 19.1. The summed E-state index contributed by atoms with van der Waals surface area (Å²) in [5, 5.41) is 4.26. The summed E-state index contributed by atoms with van der Waals surface area (Å²) >= 11 is 0. The smallest absolute Gasteiger partial charge is 0.153 e. The van der Waals surface area contributed by atoms with Crippen LogP contribution in [0.5, 0.6) is 0 Å². The van der Waals surface area contributed by atoms with Crippen LogP contribution in [0.4, 0.5) is 8.78 Å². The molecule has 3 nitrogen and oxygen atoms in total. The number of carbonyl (C=O) groups excluding carboxylic acids is 1. The van der Waals surface area contributed by atoms with Gasteiger partial charge >= 0.3 is 0 Å². The number of nitrogens with zero attached hydrogens (tertiary/aromatic N) is 2. The number of aromatic nitrogens is 2. The van der Waals surface area contributed by atoms with Crippen LogP contribution in [0, 0.1) is 11.6 Å². The maximum atomic E-state index is 13.8. The zero-order chi connectivity index (χ0) is 14.1. The molecule has 0 unspecified atom stereocenters. The van der Waals surface area contributed by atoms with Crippen molar-refractivity contribution in [2.75, 3.05) is 0 Å². The van der Waals surface area contributed by atoms with Crippen LogP contribution < -0.4 is 0 Å². The minimum absolute atomic E-state index is 0.0856. The van der Waals surface area contributed by atoms with Gasteiger partial charge in [0.15, 0.2) is 6.29 Å². The van der Waals surface area contributed by atoms with E-state index in [4.69, 9.17) is 0 Å². The van der Waals surface area contributed by atoms with Crippen molar-refractivity contribution in [2.45, 2.75) is 31.7 Å². The van der Waals surface area contributed by atoms with Gasteiger partial charge in [-0.25, -0.2) is 8.78 Å². The lowest BCUT2D eigenvalue weighted by atomic mass is 10.1. The van der Waals surface area contributed by atoms with E-state index in [2.05, 4.69) is 5.10 Å². The van der Waals surface area contributed by atoms with Crippen molar-refractivity contribution in [2.24, 2.45) is 0 Å². The topological polar surface area (TPSA) is 34.9 Å². The number of rotatable bonds is 3. The molecule has 0 saturated heterocycles. The van der Waals surface area contributed by atoms with Crippen molar-refractivity contribution >= 4 is 6.29 Å². The summed E-state index contributed by atoms with van der Waals surface area (Å²) in [5.41, 5.74) is 0.0785. The first kappa shape index (κ1) is 13.0.